The normalized spacial score (nSPS) is 20.9. The van der Waals surface area contributed by atoms with Gasteiger partial charge < -0.3 is 19.3 Å². The number of hydrogen-bond acceptors (Lipinski definition) is 5. The molecular weight excluding hydrogens is 355 g/mol. The zero-order valence-electron chi connectivity index (χ0n) is 15.1. The molecule has 0 aliphatic heterocycles. The molecule has 8 heteroatoms. The quantitative estimate of drug-likeness (QED) is 0.740. The van der Waals surface area contributed by atoms with Gasteiger partial charge in [-0.15, -0.1) is 0 Å². The molecule has 0 bridgehead atoms. The van der Waals surface area contributed by atoms with E-state index in [9.17, 15) is 4.57 Å². The van der Waals surface area contributed by atoms with Gasteiger partial charge in [0.15, 0.2) is 11.5 Å². The molecule has 1 heterocycles. The molecule has 7 nitrogen and oxygen atoms in total. The molecule has 0 saturated heterocycles. The maximum atomic E-state index is 11.1. The van der Waals surface area contributed by atoms with Gasteiger partial charge in [0.2, 0.25) is 0 Å². The van der Waals surface area contributed by atoms with E-state index < -0.39 is 7.60 Å². The smallest absolute Gasteiger partial charge is 0.325 e. The maximum Gasteiger partial charge on any atom is 0.325 e. The summed E-state index contributed by atoms with van der Waals surface area (Å²) < 4.78 is 21.8. The van der Waals surface area contributed by atoms with Gasteiger partial charge in [0, 0.05) is 17.4 Å². The van der Waals surface area contributed by atoms with Crippen molar-refractivity contribution in [3.8, 4) is 11.5 Å². The highest BCUT2D eigenvalue weighted by atomic mass is 31.2. The van der Waals surface area contributed by atoms with E-state index in [1.54, 1.807) is 20.5 Å². The van der Waals surface area contributed by atoms with Crippen molar-refractivity contribution >= 4 is 18.5 Å². The molecule has 142 valence electrons. The summed E-state index contributed by atoms with van der Waals surface area (Å²) in [4.78, 5) is 27.0. The van der Waals surface area contributed by atoms with Crippen LogP contribution in [0.2, 0.25) is 0 Å². The number of rotatable bonds is 6. The van der Waals surface area contributed by atoms with Crippen LogP contribution in [-0.4, -0.2) is 40.1 Å². The molecule has 1 saturated carbocycles. The van der Waals surface area contributed by atoms with Gasteiger partial charge in [-0.05, 0) is 44.1 Å². The Morgan fingerprint density at radius 2 is 1.73 bits per heavy atom. The Balaban J connectivity index is 1.78. The molecule has 1 aromatic heterocycles. The minimum absolute atomic E-state index is 0.0181. The molecule has 0 spiro atoms. The molecule has 1 aliphatic rings. The largest absolute Gasteiger partial charge is 0.493 e. The van der Waals surface area contributed by atoms with Crippen LogP contribution in [0, 0.1) is 5.92 Å². The van der Waals surface area contributed by atoms with Gasteiger partial charge in [0.1, 0.15) is 6.33 Å². The molecule has 0 amide bonds. The predicted octanol–water partition coefficient (Wildman–Crippen LogP) is 3.49. The first-order valence-electron chi connectivity index (χ1n) is 8.82. The summed E-state index contributed by atoms with van der Waals surface area (Å²) in [6.07, 6.45) is 6.01. The summed E-state index contributed by atoms with van der Waals surface area (Å²) in [5.74, 6) is 2.00. The lowest BCUT2D eigenvalue weighted by molar-refractivity contribution is 0.307. The van der Waals surface area contributed by atoms with E-state index in [0.29, 0.717) is 29.8 Å². The summed E-state index contributed by atoms with van der Waals surface area (Å²) >= 11 is 0. The Bertz CT molecular complexity index is 815. The van der Waals surface area contributed by atoms with E-state index >= 15 is 0 Å². The number of hydrogen-bond donors (Lipinski definition) is 2. The SMILES string of the molecule is COc1cc2ncnc([C@H]3CC[C@H](CCP(=O)(O)O)CC3)c2cc1OC. The van der Waals surface area contributed by atoms with Crippen LogP contribution in [0.25, 0.3) is 10.9 Å². The molecule has 26 heavy (non-hydrogen) atoms. The third-order valence-corrected chi connectivity index (χ3v) is 6.07. The number of aromatic nitrogens is 2. The average molecular weight is 380 g/mol. The van der Waals surface area contributed by atoms with Crippen LogP contribution in [0.5, 0.6) is 11.5 Å². The van der Waals surface area contributed by atoms with Crippen molar-refractivity contribution in [2.45, 2.75) is 38.0 Å². The highest BCUT2D eigenvalue weighted by Crippen LogP contribution is 2.43. The van der Waals surface area contributed by atoms with Crippen LogP contribution < -0.4 is 9.47 Å². The Kier molecular flexibility index (Phi) is 5.80. The van der Waals surface area contributed by atoms with Crippen molar-refractivity contribution in [1.29, 1.82) is 0 Å². The molecule has 0 atom stereocenters. The molecule has 3 rings (SSSR count). The second-order valence-corrected chi connectivity index (χ2v) is 8.65. The fourth-order valence-corrected chi connectivity index (χ4v) is 4.51. The standard InChI is InChI=1S/C18H25N2O5P/c1-24-16-9-14-15(10-17(16)25-2)19-11-20-18(14)13-5-3-12(4-6-13)7-8-26(21,22)23/h9-13H,3-8H2,1-2H3,(H2,21,22,23)/t12-,13-. The van der Waals surface area contributed by atoms with Crippen molar-refractivity contribution in [2.24, 2.45) is 5.92 Å². The first-order valence-corrected chi connectivity index (χ1v) is 10.6. The van der Waals surface area contributed by atoms with Crippen LogP contribution in [0.1, 0.15) is 43.7 Å². The van der Waals surface area contributed by atoms with Gasteiger partial charge in [0.25, 0.3) is 0 Å². The van der Waals surface area contributed by atoms with E-state index in [2.05, 4.69) is 9.97 Å². The van der Waals surface area contributed by atoms with Crippen molar-refractivity contribution in [3.05, 3.63) is 24.2 Å². The molecule has 2 N–H and O–H groups in total. The van der Waals surface area contributed by atoms with Crippen molar-refractivity contribution in [2.75, 3.05) is 20.4 Å². The number of benzene rings is 1. The van der Waals surface area contributed by atoms with Gasteiger partial charge in [-0.3, -0.25) is 4.57 Å². The summed E-state index contributed by atoms with van der Waals surface area (Å²) in [5.41, 5.74) is 1.85. The lowest BCUT2D eigenvalue weighted by Gasteiger charge is -2.28. The maximum absolute atomic E-state index is 11.1. The fourth-order valence-electron chi connectivity index (χ4n) is 3.80. The Morgan fingerprint density at radius 1 is 1.08 bits per heavy atom. The van der Waals surface area contributed by atoms with Gasteiger partial charge in [0.05, 0.1) is 31.6 Å². The zero-order chi connectivity index (χ0) is 18.7. The topological polar surface area (TPSA) is 102 Å². The first kappa shape index (κ1) is 19.1. The fraction of sp³-hybridized carbons (Fsp3) is 0.556. The number of ether oxygens (including phenoxy) is 2. The third kappa shape index (κ3) is 4.34. The van der Waals surface area contributed by atoms with Crippen molar-refractivity contribution < 1.29 is 23.8 Å². The number of methoxy groups -OCH3 is 2. The summed E-state index contributed by atoms with van der Waals surface area (Å²) in [7, 11) is -0.689. The lowest BCUT2D eigenvalue weighted by Crippen LogP contribution is -2.16. The monoisotopic (exact) mass is 380 g/mol. The molecule has 1 aromatic carbocycles. The van der Waals surface area contributed by atoms with Crippen LogP contribution in [0.15, 0.2) is 18.5 Å². The van der Waals surface area contributed by atoms with Gasteiger partial charge in [-0.25, -0.2) is 9.97 Å². The van der Waals surface area contributed by atoms with Crippen LogP contribution in [0.4, 0.5) is 0 Å². The summed E-state index contributed by atoms with van der Waals surface area (Å²) in [5, 5.41) is 0.976. The minimum atomic E-state index is -3.90. The van der Waals surface area contributed by atoms with E-state index in [-0.39, 0.29) is 6.16 Å². The van der Waals surface area contributed by atoms with E-state index in [1.807, 2.05) is 12.1 Å². The van der Waals surface area contributed by atoms with E-state index in [0.717, 1.165) is 42.3 Å². The van der Waals surface area contributed by atoms with Crippen molar-refractivity contribution in [1.82, 2.24) is 9.97 Å². The van der Waals surface area contributed by atoms with Crippen molar-refractivity contribution in [3.63, 3.8) is 0 Å². The Labute approximate surface area is 152 Å². The third-order valence-electron chi connectivity index (χ3n) is 5.23. The van der Waals surface area contributed by atoms with Crippen LogP contribution in [0.3, 0.4) is 0 Å². The first-order chi connectivity index (χ1) is 12.4. The zero-order valence-corrected chi connectivity index (χ0v) is 16.0. The number of fused-ring (bicyclic) bond motifs is 1. The highest BCUT2D eigenvalue weighted by molar-refractivity contribution is 7.51. The number of nitrogens with zero attached hydrogens (tertiary/aromatic N) is 2. The van der Waals surface area contributed by atoms with Gasteiger partial charge in [-0.1, -0.05) is 0 Å². The minimum Gasteiger partial charge on any atom is -0.493 e. The average Bonchev–Trinajstić information content (AvgIpc) is 2.64. The predicted molar refractivity (Wildman–Crippen MR) is 98.9 cm³/mol. The summed E-state index contributed by atoms with van der Waals surface area (Å²) in [6, 6.07) is 3.80. The van der Waals surface area contributed by atoms with Crippen LogP contribution >= 0.6 is 7.60 Å². The highest BCUT2D eigenvalue weighted by Gasteiger charge is 2.27. The van der Waals surface area contributed by atoms with Gasteiger partial charge in [-0.2, -0.15) is 0 Å². The van der Waals surface area contributed by atoms with E-state index in [1.165, 1.54) is 0 Å². The lowest BCUT2D eigenvalue weighted by atomic mass is 9.78. The van der Waals surface area contributed by atoms with E-state index in [4.69, 9.17) is 19.3 Å². The molecule has 2 aromatic rings. The van der Waals surface area contributed by atoms with Crippen LogP contribution in [-0.2, 0) is 4.57 Å². The molecule has 0 radical (unpaired) electrons. The summed E-state index contributed by atoms with van der Waals surface area (Å²) in [6.45, 7) is 0. The Morgan fingerprint density at radius 3 is 2.35 bits per heavy atom. The molecule has 0 unspecified atom stereocenters. The Hall–Kier alpha value is -1.69. The second-order valence-electron chi connectivity index (χ2n) is 6.88. The molecule has 1 fully saturated rings. The molecule has 1 aliphatic carbocycles. The molecular formula is C18H25N2O5P. The second kappa shape index (κ2) is 7.91. The van der Waals surface area contributed by atoms with Gasteiger partial charge >= 0.3 is 7.60 Å².